The molecule has 0 spiro atoms. The van der Waals surface area contributed by atoms with Crippen LogP contribution in [0.3, 0.4) is 0 Å². The Labute approximate surface area is 128 Å². The van der Waals surface area contributed by atoms with Gasteiger partial charge in [-0.15, -0.1) is 0 Å². The van der Waals surface area contributed by atoms with Crippen LogP contribution in [0, 0.1) is 23.7 Å². The monoisotopic (exact) mass is 312 g/mol. The van der Waals surface area contributed by atoms with E-state index >= 15 is 0 Å². The topological polar surface area (TPSA) is 88.1 Å². The number of hydrogen-bond acceptors (Lipinski definition) is 7. The molecule has 122 valence electrons. The maximum absolute atomic E-state index is 11.4. The summed E-state index contributed by atoms with van der Waals surface area (Å²) in [7, 11) is 0. The van der Waals surface area contributed by atoms with Crippen molar-refractivity contribution in [2.45, 2.75) is 45.7 Å². The minimum atomic E-state index is -0.603. The van der Waals surface area contributed by atoms with Gasteiger partial charge in [0, 0.05) is 38.5 Å². The molecule has 2 bridgehead atoms. The summed E-state index contributed by atoms with van der Waals surface area (Å²) in [5, 5.41) is 0. The van der Waals surface area contributed by atoms with Crippen LogP contribution in [0.15, 0.2) is 0 Å². The summed E-state index contributed by atoms with van der Waals surface area (Å²) in [6.45, 7) is 4.49. The minimum Gasteiger partial charge on any atom is -0.458 e. The van der Waals surface area contributed by atoms with Crippen molar-refractivity contribution in [1.82, 2.24) is 0 Å². The van der Waals surface area contributed by atoms with Gasteiger partial charge in [0.1, 0.15) is 12.2 Å². The predicted octanol–water partition coefficient (Wildman–Crippen LogP) is 0.651. The van der Waals surface area contributed by atoms with Gasteiger partial charge in [0.05, 0.1) is 6.61 Å². The van der Waals surface area contributed by atoms with Gasteiger partial charge in [-0.2, -0.15) is 0 Å². The van der Waals surface area contributed by atoms with Gasteiger partial charge >= 0.3 is 17.9 Å². The number of hydrogen-bond donors (Lipinski definition) is 0. The molecule has 1 heterocycles. The second-order valence-electron chi connectivity index (χ2n) is 6.26. The number of carbonyl (C=O) groups excluding carboxylic acids is 3. The molecule has 2 aliphatic carbocycles. The molecule has 1 aliphatic heterocycles. The summed E-state index contributed by atoms with van der Waals surface area (Å²) in [6, 6.07) is 0. The summed E-state index contributed by atoms with van der Waals surface area (Å²) in [5.74, 6) is -0.987. The molecule has 3 fully saturated rings. The van der Waals surface area contributed by atoms with Crippen LogP contribution >= 0.6 is 0 Å². The van der Waals surface area contributed by atoms with Gasteiger partial charge in [0.2, 0.25) is 6.29 Å². The van der Waals surface area contributed by atoms with Crippen molar-refractivity contribution in [3.8, 4) is 0 Å². The van der Waals surface area contributed by atoms with Crippen molar-refractivity contribution in [2.24, 2.45) is 23.7 Å². The first-order chi connectivity index (χ1) is 10.4. The summed E-state index contributed by atoms with van der Waals surface area (Å²) in [6.07, 6.45) is -0.750. The van der Waals surface area contributed by atoms with Gasteiger partial charge in [0.25, 0.3) is 0 Å². The molecule has 7 nitrogen and oxygen atoms in total. The number of carbonyl (C=O) groups is 3. The van der Waals surface area contributed by atoms with Gasteiger partial charge in [0.15, 0.2) is 0 Å². The maximum Gasteiger partial charge on any atom is 0.304 e. The highest BCUT2D eigenvalue weighted by Gasteiger charge is 2.66. The highest BCUT2D eigenvalue weighted by atomic mass is 16.7. The second-order valence-corrected chi connectivity index (χ2v) is 6.26. The average molecular weight is 312 g/mol. The molecule has 0 radical (unpaired) electrons. The number of rotatable bonds is 3. The molecule has 7 atom stereocenters. The van der Waals surface area contributed by atoms with Crippen molar-refractivity contribution in [2.75, 3.05) is 6.61 Å². The molecule has 0 aromatic carbocycles. The highest BCUT2D eigenvalue weighted by molar-refractivity contribution is 5.68. The zero-order valence-electron chi connectivity index (χ0n) is 12.8. The van der Waals surface area contributed by atoms with Crippen LogP contribution in [0.2, 0.25) is 0 Å². The van der Waals surface area contributed by atoms with E-state index in [1.54, 1.807) is 0 Å². The normalized spacial score (nSPS) is 41.9. The largest absolute Gasteiger partial charge is 0.458 e. The Hall–Kier alpha value is -1.63. The first-order valence-electron chi connectivity index (χ1n) is 7.51. The van der Waals surface area contributed by atoms with Crippen molar-refractivity contribution in [3.05, 3.63) is 0 Å². The zero-order chi connectivity index (χ0) is 16.0. The summed E-state index contributed by atoms with van der Waals surface area (Å²) < 4.78 is 21.6. The molecule has 3 rings (SSSR count). The van der Waals surface area contributed by atoms with Crippen molar-refractivity contribution >= 4 is 17.9 Å². The summed E-state index contributed by atoms with van der Waals surface area (Å²) >= 11 is 0. The Morgan fingerprint density at radius 2 is 1.36 bits per heavy atom. The molecule has 0 N–H and O–H groups in total. The van der Waals surface area contributed by atoms with Gasteiger partial charge < -0.3 is 18.9 Å². The Bertz CT molecular complexity index is 502. The first kappa shape index (κ1) is 15.3. The third-order valence-electron chi connectivity index (χ3n) is 4.90. The van der Waals surface area contributed by atoms with E-state index in [1.165, 1.54) is 20.8 Å². The standard InChI is InChI=1S/C15H20O7/c1-6(16)20-13-9-4-10(14(13)21-7(2)17)12-11(9)5-19-15(12)22-8(3)18/h9-15H,4-5H2,1-3H3/t9-,10+,11-,12+,13+,14-,15?/m0/s1. The lowest BCUT2D eigenvalue weighted by molar-refractivity contribution is -0.187. The van der Waals surface area contributed by atoms with Crippen molar-refractivity contribution in [1.29, 1.82) is 0 Å². The van der Waals surface area contributed by atoms with Gasteiger partial charge in [-0.1, -0.05) is 0 Å². The van der Waals surface area contributed by atoms with Crippen LogP contribution in [-0.4, -0.2) is 43.0 Å². The van der Waals surface area contributed by atoms with Gasteiger partial charge in [-0.05, 0) is 12.3 Å². The number of esters is 3. The Morgan fingerprint density at radius 1 is 0.818 bits per heavy atom. The van der Waals surface area contributed by atoms with E-state index in [1.807, 2.05) is 0 Å². The Balaban J connectivity index is 1.82. The third kappa shape index (κ3) is 2.47. The third-order valence-corrected chi connectivity index (χ3v) is 4.90. The lowest BCUT2D eigenvalue weighted by Gasteiger charge is -2.36. The first-order valence-corrected chi connectivity index (χ1v) is 7.51. The van der Waals surface area contributed by atoms with Crippen LogP contribution in [0.5, 0.6) is 0 Å². The fourth-order valence-electron chi connectivity index (χ4n) is 4.39. The lowest BCUT2D eigenvalue weighted by atomic mass is 9.77. The van der Waals surface area contributed by atoms with Crippen LogP contribution in [0.4, 0.5) is 0 Å². The molecular formula is C15H20O7. The zero-order valence-corrected chi connectivity index (χ0v) is 12.8. The summed E-state index contributed by atoms with van der Waals surface area (Å²) in [4.78, 5) is 33.9. The van der Waals surface area contributed by atoms with Gasteiger partial charge in [-0.3, -0.25) is 14.4 Å². The molecule has 1 saturated heterocycles. The fraction of sp³-hybridized carbons (Fsp3) is 0.800. The van der Waals surface area contributed by atoms with Crippen LogP contribution in [0.1, 0.15) is 27.2 Å². The Kier molecular flexibility index (Phi) is 3.84. The van der Waals surface area contributed by atoms with E-state index < -0.39 is 30.4 Å². The van der Waals surface area contributed by atoms with Crippen LogP contribution < -0.4 is 0 Å². The van der Waals surface area contributed by atoms with Crippen LogP contribution in [-0.2, 0) is 33.3 Å². The molecular weight excluding hydrogens is 292 g/mol. The van der Waals surface area contributed by atoms with Crippen LogP contribution in [0.25, 0.3) is 0 Å². The molecule has 0 aromatic heterocycles. The smallest absolute Gasteiger partial charge is 0.304 e. The molecule has 22 heavy (non-hydrogen) atoms. The summed E-state index contributed by atoms with van der Waals surface area (Å²) in [5.41, 5.74) is 0. The molecule has 7 heteroatoms. The number of fused-ring (bicyclic) bond motifs is 5. The molecule has 0 aromatic rings. The molecule has 2 saturated carbocycles. The quantitative estimate of drug-likeness (QED) is 0.558. The van der Waals surface area contributed by atoms with E-state index in [-0.39, 0.29) is 29.6 Å². The fourth-order valence-corrected chi connectivity index (χ4v) is 4.39. The van der Waals surface area contributed by atoms with E-state index in [0.29, 0.717) is 6.61 Å². The molecule has 0 amide bonds. The average Bonchev–Trinajstić information content (AvgIpc) is 3.01. The van der Waals surface area contributed by atoms with E-state index in [4.69, 9.17) is 18.9 Å². The predicted molar refractivity (Wildman–Crippen MR) is 71.2 cm³/mol. The van der Waals surface area contributed by atoms with Crippen molar-refractivity contribution < 1.29 is 33.3 Å². The highest BCUT2D eigenvalue weighted by Crippen LogP contribution is 2.58. The Morgan fingerprint density at radius 3 is 1.91 bits per heavy atom. The minimum absolute atomic E-state index is 0.00921. The lowest BCUT2D eigenvalue weighted by Crippen LogP contribution is -2.47. The maximum atomic E-state index is 11.4. The van der Waals surface area contributed by atoms with E-state index in [2.05, 4.69) is 0 Å². The molecule has 1 unspecified atom stereocenters. The second kappa shape index (κ2) is 5.53. The molecule has 3 aliphatic rings. The van der Waals surface area contributed by atoms with E-state index in [9.17, 15) is 14.4 Å². The number of ether oxygens (including phenoxy) is 4. The SMILES string of the molecule is CC(=O)OC1OC[C@H]2[C@@H]3C[C@@H]([C@H](OC(C)=O)[C@@H]3OC(C)=O)[C@@H]12. The van der Waals surface area contributed by atoms with Crippen molar-refractivity contribution in [3.63, 3.8) is 0 Å². The van der Waals surface area contributed by atoms with Gasteiger partial charge in [-0.25, -0.2) is 0 Å². The van der Waals surface area contributed by atoms with E-state index in [0.717, 1.165) is 6.42 Å².